The minimum absolute atomic E-state index is 0.0298. The molecular formula is C18H22FN3O4S. The molecule has 0 spiro atoms. The van der Waals surface area contributed by atoms with E-state index in [0.29, 0.717) is 31.7 Å². The number of hydrogen-bond acceptors (Lipinski definition) is 5. The highest BCUT2D eigenvalue weighted by Gasteiger charge is 2.30. The number of sulfonamides is 1. The van der Waals surface area contributed by atoms with E-state index in [1.165, 1.54) is 22.5 Å². The highest BCUT2D eigenvalue weighted by molar-refractivity contribution is 7.89. The van der Waals surface area contributed by atoms with Crippen LogP contribution in [0.4, 0.5) is 4.39 Å². The molecule has 1 saturated heterocycles. The topological polar surface area (TPSA) is 83.7 Å². The smallest absolute Gasteiger partial charge is 0.243 e. The van der Waals surface area contributed by atoms with Gasteiger partial charge >= 0.3 is 0 Å². The lowest BCUT2D eigenvalue weighted by Crippen LogP contribution is -2.50. The SMILES string of the molecule is Cc1noc(C)c1CCC(=O)N1CCN(S(=O)(=O)c2cccc(F)c2)CC1. The van der Waals surface area contributed by atoms with Gasteiger partial charge in [0.2, 0.25) is 15.9 Å². The summed E-state index contributed by atoms with van der Waals surface area (Å²) in [5.41, 5.74) is 1.72. The summed E-state index contributed by atoms with van der Waals surface area (Å²) in [6.45, 7) is 4.66. The van der Waals surface area contributed by atoms with Gasteiger partial charge < -0.3 is 9.42 Å². The molecule has 7 nitrogen and oxygen atoms in total. The molecule has 1 amide bonds. The number of rotatable bonds is 5. The molecule has 27 heavy (non-hydrogen) atoms. The van der Waals surface area contributed by atoms with Crippen LogP contribution in [-0.4, -0.2) is 54.9 Å². The van der Waals surface area contributed by atoms with Crippen molar-refractivity contribution in [2.75, 3.05) is 26.2 Å². The van der Waals surface area contributed by atoms with Crippen molar-refractivity contribution >= 4 is 15.9 Å². The Balaban J connectivity index is 1.57. The van der Waals surface area contributed by atoms with Crippen LogP contribution in [0.3, 0.4) is 0 Å². The first kappa shape index (κ1) is 19.5. The summed E-state index contributed by atoms with van der Waals surface area (Å²) >= 11 is 0. The van der Waals surface area contributed by atoms with Crippen molar-refractivity contribution in [3.8, 4) is 0 Å². The number of piperazine rings is 1. The lowest BCUT2D eigenvalue weighted by atomic mass is 10.1. The molecule has 146 valence electrons. The first-order valence-corrected chi connectivity index (χ1v) is 10.2. The predicted octanol–water partition coefficient (Wildman–Crippen LogP) is 1.90. The number of aromatic nitrogens is 1. The molecular weight excluding hydrogens is 373 g/mol. The Morgan fingerprint density at radius 1 is 1.22 bits per heavy atom. The number of amides is 1. The number of benzene rings is 1. The fraction of sp³-hybridized carbons (Fsp3) is 0.444. The van der Waals surface area contributed by atoms with Crippen LogP contribution in [0.5, 0.6) is 0 Å². The number of aryl methyl sites for hydroxylation is 2. The zero-order valence-corrected chi connectivity index (χ0v) is 16.1. The van der Waals surface area contributed by atoms with Crippen LogP contribution in [0.25, 0.3) is 0 Å². The third-order valence-corrected chi connectivity index (χ3v) is 6.69. The zero-order chi connectivity index (χ0) is 19.6. The van der Waals surface area contributed by atoms with Crippen LogP contribution < -0.4 is 0 Å². The third kappa shape index (κ3) is 4.19. The highest BCUT2D eigenvalue weighted by Crippen LogP contribution is 2.19. The molecule has 2 heterocycles. The Kier molecular flexibility index (Phi) is 5.61. The fourth-order valence-electron chi connectivity index (χ4n) is 3.20. The summed E-state index contributed by atoms with van der Waals surface area (Å²) in [7, 11) is -3.76. The second kappa shape index (κ2) is 7.77. The van der Waals surface area contributed by atoms with E-state index in [0.717, 1.165) is 17.3 Å². The van der Waals surface area contributed by atoms with Crippen molar-refractivity contribution in [2.24, 2.45) is 0 Å². The molecule has 0 saturated carbocycles. The number of carbonyl (C=O) groups is 1. The molecule has 0 aliphatic carbocycles. The van der Waals surface area contributed by atoms with E-state index >= 15 is 0 Å². The standard InChI is InChI=1S/C18H22FN3O4S/c1-13-17(14(2)26-20-13)6-7-18(23)21-8-10-22(11-9-21)27(24,25)16-5-3-4-15(19)12-16/h3-5,12H,6-11H2,1-2H3. The second-order valence-electron chi connectivity index (χ2n) is 6.54. The van der Waals surface area contributed by atoms with Gasteiger partial charge in [-0.3, -0.25) is 4.79 Å². The Bertz CT molecular complexity index is 914. The van der Waals surface area contributed by atoms with Gasteiger partial charge in [-0.1, -0.05) is 11.2 Å². The van der Waals surface area contributed by atoms with Crippen molar-refractivity contribution in [3.05, 3.63) is 47.1 Å². The summed E-state index contributed by atoms with van der Waals surface area (Å²) in [6.07, 6.45) is 0.862. The van der Waals surface area contributed by atoms with Crippen molar-refractivity contribution in [3.63, 3.8) is 0 Å². The van der Waals surface area contributed by atoms with Gasteiger partial charge in [0.25, 0.3) is 0 Å². The molecule has 2 aromatic rings. The van der Waals surface area contributed by atoms with Crippen LogP contribution >= 0.6 is 0 Å². The quantitative estimate of drug-likeness (QED) is 0.772. The predicted molar refractivity (Wildman–Crippen MR) is 96.0 cm³/mol. The molecule has 3 rings (SSSR count). The summed E-state index contributed by atoms with van der Waals surface area (Å²) < 4.78 is 45.0. The minimum Gasteiger partial charge on any atom is -0.361 e. The monoisotopic (exact) mass is 395 g/mol. The number of carbonyl (C=O) groups excluding carboxylic acids is 1. The van der Waals surface area contributed by atoms with Gasteiger partial charge in [0.05, 0.1) is 10.6 Å². The molecule has 1 aromatic heterocycles. The maximum absolute atomic E-state index is 13.3. The van der Waals surface area contributed by atoms with Gasteiger partial charge in [0.1, 0.15) is 11.6 Å². The van der Waals surface area contributed by atoms with E-state index in [1.54, 1.807) is 4.90 Å². The van der Waals surface area contributed by atoms with E-state index in [2.05, 4.69) is 5.16 Å². The van der Waals surface area contributed by atoms with Gasteiger partial charge in [-0.05, 0) is 38.5 Å². The molecule has 0 N–H and O–H groups in total. The maximum Gasteiger partial charge on any atom is 0.243 e. The number of hydrogen-bond donors (Lipinski definition) is 0. The lowest BCUT2D eigenvalue weighted by Gasteiger charge is -2.34. The summed E-state index contributed by atoms with van der Waals surface area (Å²) in [6, 6.07) is 4.96. The Morgan fingerprint density at radius 3 is 2.52 bits per heavy atom. The Labute approximate surface area is 157 Å². The second-order valence-corrected chi connectivity index (χ2v) is 8.48. The van der Waals surface area contributed by atoms with E-state index in [-0.39, 0.29) is 23.9 Å². The van der Waals surface area contributed by atoms with Crippen molar-refractivity contribution < 1.29 is 22.1 Å². The minimum atomic E-state index is -3.76. The summed E-state index contributed by atoms with van der Waals surface area (Å²) in [5, 5.41) is 3.88. The van der Waals surface area contributed by atoms with E-state index < -0.39 is 15.8 Å². The van der Waals surface area contributed by atoms with Gasteiger partial charge in [0, 0.05) is 38.2 Å². The summed E-state index contributed by atoms with van der Waals surface area (Å²) in [5.74, 6) is 0.0910. The van der Waals surface area contributed by atoms with Gasteiger partial charge in [0.15, 0.2) is 0 Å². The highest BCUT2D eigenvalue weighted by atomic mass is 32.2. The maximum atomic E-state index is 13.3. The Morgan fingerprint density at radius 2 is 1.93 bits per heavy atom. The number of nitrogens with zero attached hydrogens (tertiary/aromatic N) is 3. The molecule has 1 aromatic carbocycles. The molecule has 1 fully saturated rings. The van der Waals surface area contributed by atoms with E-state index in [1.807, 2.05) is 13.8 Å². The summed E-state index contributed by atoms with van der Waals surface area (Å²) in [4.78, 5) is 14.0. The largest absolute Gasteiger partial charge is 0.361 e. The molecule has 0 bridgehead atoms. The normalized spacial score (nSPS) is 15.9. The molecule has 0 unspecified atom stereocenters. The zero-order valence-electron chi connectivity index (χ0n) is 15.3. The molecule has 0 radical (unpaired) electrons. The van der Waals surface area contributed by atoms with Crippen LogP contribution in [0.2, 0.25) is 0 Å². The van der Waals surface area contributed by atoms with Gasteiger partial charge in [-0.25, -0.2) is 12.8 Å². The molecule has 9 heteroatoms. The van der Waals surface area contributed by atoms with Crippen LogP contribution in [0.15, 0.2) is 33.7 Å². The van der Waals surface area contributed by atoms with Gasteiger partial charge in [-0.2, -0.15) is 4.31 Å². The van der Waals surface area contributed by atoms with E-state index in [9.17, 15) is 17.6 Å². The lowest BCUT2D eigenvalue weighted by molar-refractivity contribution is -0.132. The average molecular weight is 395 g/mol. The molecule has 0 atom stereocenters. The van der Waals surface area contributed by atoms with Crippen LogP contribution in [-0.2, 0) is 21.2 Å². The van der Waals surface area contributed by atoms with Crippen molar-refractivity contribution in [2.45, 2.75) is 31.6 Å². The third-order valence-electron chi connectivity index (χ3n) is 4.80. The molecule has 1 aliphatic heterocycles. The average Bonchev–Trinajstić information content (AvgIpc) is 2.97. The van der Waals surface area contributed by atoms with E-state index in [4.69, 9.17) is 4.52 Å². The molecule has 1 aliphatic rings. The Hall–Kier alpha value is -2.26. The van der Waals surface area contributed by atoms with Gasteiger partial charge in [-0.15, -0.1) is 0 Å². The van der Waals surface area contributed by atoms with Crippen molar-refractivity contribution in [1.82, 2.24) is 14.4 Å². The first-order valence-electron chi connectivity index (χ1n) is 8.74. The van der Waals surface area contributed by atoms with Crippen molar-refractivity contribution in [1.29, 1.82) is 0 Å². The first-order chi connectivity index (χ1) is 12.8. The van der Waals surface area contributed by atoms with Crippen LogP contribution in [0.1, 0.15) is 23.4 Å². The fourth-order valence-corrected chi connectivity index (χ4v) is 4.66. The van der Waals surface area contributed by atoms with Crippen LogP contribution in [0, 0.1) is 19.7 Å². The number of halogens is 1.